The first-order chi connectivity index (χ1) is 13.2. The number of fused-ring (bicyclic) bond motifs is 1. The van der Waals surface area contributed by atoms with Crippen LogP contribution in [-0.4, -0.2) is 21.3 Å². The Morgan fingerprint density at radius 3 is 2.21 bits per heavy atom. The van der Waals surface area contributed by atoms with Gasteiger partial charge < -0.3 is 0 Å². The predicted molar refractivity (Wildman–Crippen MR) is 97.5 cm³/mol. The van der Waals surface area contributed by atoms with E-state index in [1.165, 1.54) is 11.8 Å². The molecule has 1 aliphatic rings. The first-order valence-corrected chi connectivity index (χ1v) is 8.86. The molecule has 0 saturated heterocycles. The van der Waals surface area contributed by atoms with Crippen molar-refractivity contribution in [1.82, 2.24) is 0 Å². The molecule has 8 nitrogen and oxygen atoms in total. The predicted octanol–water partition coefficient (Wildman–Crippen LogP) is 4.58. The van der Waals surface area contributed by atoms with Crippen LogP contribution < -0.4 is 5.43 Å². The smallest absolute Gasteiger partial charge is 0.266 e. The molecular weight excluding hydrogens is 401 g/mol. The summed E-state index contributed by atoms with van der Waals surface area (Å²) in [4.78, 5) is 20.3. The van der Waals surface area contributed by atoms with Gasteiger partial charge in [0.2, 0.25) is 5.69 Å². The van der Waals surface area contributed by atoms with Gasteiger partial charge in [-0.25, -0.2) is 0 Å². The van der Waals surface area contributed by atoms with E-state index < -0.39 is 38.6 Å². The second-order valence-electron chi connectivity index (χ2n) is 5.72. The zero-order valence-electron chi connectivity index (χ0n) is 13.9. The van der Waals surface area contributed by atoms with Crippen LogP contribution in [0.4, 0.5) is 30.2 Å². The van der Waals surface area contributed by atoms with E-state index in [4.69, 9.17) is 0 Å². The van der Waals surface area contributed by atoms with E-state index in [1.54, 1.807) is 12.1 Å². The molecule has 0 bridgehead atoms. The molecule has 2 aromatic carbocycles. The first-order valence-electron chi connectivity index (χ1n) is 7.71. The maximum absolute atomic E-state index is 13.0. The molecule has 146 valence electrons. The van der Waals surface area contributed by atoms with E-state index in [0.717, 1.165) is 16.9 Å². The molecule has 12 heteroatoms. The van der Waals surface area contributed by atoms with E-state index in [-0.39, 0.29) is 12.1 Å². The van der Waals surface area contributed by atoms with Gasteiger partial charge in [0.15, 0.2) is 0 Å². The molecule has 1 aliphatic heterocycles. The zero-order chi connectivity index (χ0) is 20.5. The van der Waals surface area contributed by atoms with Crippen LogP contribution in [0.2, 0.25) is 0 Å². The maximum Gasteiger partial charge on any atom is 0.416 e. The standard InChI is InChI=1S/C16H11F3N4O4S/c17-16(18,19)10-5-13(22(24)25)15(14(6-10)23(26)27)21-20-12-8-28-7-9-3-1-2-4-11(9)12/h1-6,21H,7-8H2/b20-12-. The lowest BCUT2D eigenvalue weighted by Crippen LogP contribution is -2.15. The molecule has 0 spiro atoms. The summed E-state index contributed by atoms with van der Waals surface area (Å²) in [5.74, 6) is 1.17. The molecule has 1 heterocycles. The Balaban J connectivity index is 2.09. The van der Waals surface area contributed by atoms with Crippen LogP contribution >= 0.6 is 11.8 Å². The number of hydrogen-bond acceptors (Lipinski definition) is 7. The summed E-state index contributed by atoms with van der Waals surface area (Å²) in [6.07, 6.45) is -4.97. The number of hydrogen-bond donors (Lipinski definition) is 1. The van der Waals surface area contributed by atoms with Crippen molar-refractivity contribution in [1.29, 1.82) is 0 Å². The Hall–Kier alpha value is -3.15. The minimum Gasteiger partial charge on any atom is -0.266 e. The highest BCUT2D eigenvalue weighted by atomic mass is 32.2. The fourth-order valence-corrected chi connectivity index (χ4v) is 3.64. The van der Waals surface area contributed by atoms with Crippen molar-refractivity contribution in [3.05, 3.63) is 73.3 Å². The fraction of sp³-hybridized carbons (Fsp3) is 0.188. The highest BCUT2D eigenvalue weighted by Gasteiger charge is 2.37. The van der Waals surface area contributed by atoms with Crippen LogP contribution in [0.3, 0.4) is 0 Å². The minimum absolute atomic E-state index is 0.249. The molecule has 1 N–H and O–H groups in total. The summed E-state index contributed by atoms with van der Waals surface area (Å²) >= 11 is 1.52. The van der Waals surface area contributed by atoms with Gasteiger partial charge >= 0.3 is 17.6 Å². The SMILES string of the molecule is O=[N+]([O-])c1cc(C(F)(F)F)cc([N+](=O)[O-])c1N/N=C1/CSCc2ccccc21. The number of nitrogens with one attached hydrogen (secondary N) is 1. The number of thioether (sulfide) groups is 1. The molecular formula is C16H11F3N4O4S. The van der Waals surface area contributed by atoms with Crippen molar-refractivity contribution >= 4 is 34.5 Å². The average Bonchev–Trinajstić information content (AvgIpc) is 2.64. The van der Waals surface area contributed by atoms with Crippen molar-refractivity contribution in [2.45, 2.75) is 11.9 Å². The summed E-state index contributed by atoms with van der Waals surface area (Å²) in [5, 5.41) is 26.5. The summed E-state index contributed by atoms with van der Waals surface area (Å²) in [5.41, 5.74) is 0.127. The number of halogens is 3. The van der Waals surface area contributed by atoms with Gasteiger partial charge in [0.05, 0.1) is 21.1 Å². The summed E-state index contributed by atoms with van der Waals surface area (Å²) < 4.78 is 38.9. The Kier molecular flexibility index (Phi) is 5.23. The van der Waals surface area contributed by atoms with Crippen molar-refractivity contribution in [3.8, 4) is 0 Å². The van der Waals surface area contributed by atoms with E-state index in [9.17, 15) is 33.4 Å². The number of anilines is 1. The number of nitrogens with zero attached hydrogens (tertiary/aromatic N) is 3. The van der Waals surface area contributed by atoms with Crippen LogP contribution in [0.25, 0.3) is 0 Å². The van der Waals surface area contributed by atoms with Gasteiger partial charge in [0.1, 0.15) is 0 Å². The monoisotopic (exact) mass is 412 g/mol. The molecule has 2 aromatic rings. The Bertz CT molecular complexity index is 959. The number of nitro groups is 2. The van der Waals surface area contributed by atoms with Crippen molar-refractivity contribution in [3.63, 3.8) is 0 Å². The van der Waals surface area contributed by atoms with Crippen LogP contribution in [0.5, 0.6) is 0 Å². The maximum atomic E-state index is 13.0. The molecule has 0 amide bonds. The van der Waals surface area contributed by atoms with Crippen molar-refractivity contribution in [2.24, 2.45) is 5.10 Å². The number of nitro benzene ring substituents is 2. The van der Waals surface area contributed by atoms with Gasteiger partial charge in [0.25, 0.3) is 0 Å². The molecule has 0 unspecified atom stereocenters. The third kappa shape index (κ3) is 3.91. The number of hydrazone groups is 1. The topological polar surface area (TPSA) is 111 Å². The van der Waals surface area contributed by atoms with Gasteiger partial charge in [-0.15, -0.1) is 0 Å². The zero-order valence-corrected chi connectivity index (χ0v) is 14.7. The number of rotatable bonds is 4. The van der Waals surface area contributed by atoms with Gasteiger partial charge in [-0.3, -0.25) is 25.7 Å². The second kappa shape index (κ2) is 7.46. The van der Waals surface area contributed by atoms with Crippen LogP contribution in [-0.2, 0) is 11.9 Å². The van der Waals surface area contributed by atoms with Crippen molar-refractivity contribution in [2.75, 3.05) is 11.2 Å². The summed E-state index contributed by atoms with van der Waals surface area (Å²) in [6.45, 7) is 0. The Morgan fingerprint density at radius 1 is 1.04 bits per heavy atom. The average molecular weight is 412 g/mol. The molecule has 0 atom stereocenters. The van der Waals surface area contributed by atoms with Gasteiger partial charge in [0, 0.05) is 29.2 Å². The van der Waals surface area contributed by atoms with E-state index in [1.807, 2.05) is 12.1 Å². The third-order valence-corrected chi connectivity index (χ3v) is 4.94. The Morgan fingerprint density at radius 2 is 1.64 bits per heavy atom. The largest absolute Gasteiger partial charge is 0.416 e. The molecule has 0 aliphatic carbocycles. The van der Waals surface area contributed by atoms with E-state index >= 15 is 0 Å². The molecule has 0 fully saturated rings. The minimum atomic E-state index is -4.97. The van der Waals surface area contributed by atoms with Gasteiger partial charge in [-0.05, 0) is 5.56 Å². The molecule has 0 aromatic heterocycles. The molecule has 0 radical (unpaired) electrons. The first kappa shape index (κ1) is 19.6. The molecule has 28 heavy (non-hydrogen) atoms. The van der Waals surface area contributed by atoms with Crippen LogP contribution in [0.15, 0.2) is 41.5 Å². The van der Waals surface area contributed by atoms with Gasteiger partial charge in [-0.2, -0.15) is 30.0 Å². The number of benzene rings is 2. The van der Waals surface area contributed by atoms with E-state index in [2.05, 4.69) is 10.5 Å². The van der Waals surface area contributed by atoms with Crippen molar-refractivity contribution < 1.29 is 23.0 Å². The molecule has 3 rings (SSSR count). The van der Waals surface area contributed by atoms with Crippen LogP contribution in [0, 0.1) is 20.2 Å². The van der Waals surface area contributed by atoms with Gasteiger partial charge in [-0.1, -0.05) is 24.3 Å². The van der Waals surface area contributed by atoms with Crippen LogP contribution in [0.1, 0.15) is 16.7 Å². The normalized spacial score (nSPS) is 15.2. The lowest BCUT2D eigenvalue weighted by atomic mass is 10.0. The third-order valence-electron chi connectivity index (χ3n) is 3.94. The quantitative estimate of drug-likeness (QED) is 0.581. The second-order valence-corrected chi connectivity index (χ2v) is 6.71. The lowest BCUT2D eigenvalue weighted by molar-refractivity contribution is -0.392. The number of alkyl halides is 3. The molecule has 0 saturated carbocycles. The van der Waals surface area contributed by atoms with E-state index in [0.29, 0.717) is 11.5 Å². The lowest BCUT2D eigenvalue weighted by Gasteiger charge is -2.17. The summed E-state index contributed by atoms with van der Waals surface area (Å²) in [6, 6.07) is 7.76. The highest BCUT2D eigenvalue weighted by molar-refractivity contribution is 7.99. The Labute approximate surface area is 159 Å². The summed E-state index contributed by atoms with van der Waals surface area (Å²) in [7, 11) is 0. The highest BCUT2D eigenvalue weighted by Crippen LogP contribution is 2.41. The fourth-order valence-electron chi connectivity index (χ4n) is 2.66.